The highest BCUT2D eigenvalue weighted by molar-refractivity contribution is 6.06. The van der Waals surface area contributed by atoms with Gasteiger partial charge >= 0.3 is 0 Å². The maximum absolute atomic E-state index is 12.6. The third-order valence-corrected chi connectivity index (χ3v) is 3.25. The second-order valence-electron chi connectivity index (χ2n) is 4.61. The number of phenolic OH excluding ortho intramolecular Hbond substituents is 1. The third kappa shape index (κ3) is 2.59. The Bertz CT molecular complexity index is 638. The molecule has 0 unspecified atom stereocenters. The standard InChI is InChI=1S/C16H18N2O2/c1-3-18(14-7-5-4-6-11(14)2)16(20)12-8-9-13(17)15(19)10-12/h4-10,19H,3,17H2,1-2H3. The summed E-state index contributed by atoms with van der Waals surface area (Å²) < 4.78 is 0. The Morgan fingerprint density at radius 1 is 1.25 bits per heavy atom. The summed E-state index contributed by atoms with van der Waals surface area (Å²) in [6, 6.07) is 12.3. The number of nitrogens with zero attached hydrogens (tertiary/aromatic N) is 1. The van der Waals surface area contributed by atoms with Crippen molar-refractivity contribution >= 4 is 17.3 Å². The molecule has 4 heteroatoms. The van der Waals surface area contributed by atoms with E-state index in [2.05, 4.69) is 0 Å². The predicted molar refractivity (Wildman–Crippen MR) is 81.0 cm³/mol. The smallest absolute Gasteiger partial charge is 0.258 e. The number of nitrogen functional groups attached to an aromatic ring is 1. The summed E-state index contributed by atoms with van der Waals surface area (Å²) in [5, 5.41) is 9.63. The highest BCUT2D eigenvalue weighted by atomic mass is 16.3. The fourth-order valence-electron chi connectivity index (χ4n) is 2.12. The minimum atomic E-state index is -0.155. The Labute approximate surface area is 118 Å². The monoisotopic (exact) mass is 270 g/mol. The van der Waals surface area contributed by atoms with E-state index in [4.69, 9.17) is 5.73 Å². The van der Waals surface area contributed by atoms with Crippen LogP contribution in [0, 0.1) is 6.92 Å². The Kier molecular flexibility index (Phi) is 3.94. The lowest BCUT2D eigenvalue weighted by Crippen LogP contribution is -2.31. The normalized spacial score (nSPS) is 10.3. The van der Waals surface area contributed by atoms with Crippen LogP contribution >= 0.6 is 0 Å². The number of aromatic hydroxyl groups is 1. The molecule has 0 fully saturated rings. The van der Waals surface area contributed by atoms with Crippen molar-refractivity contribution in [1.29, 1.82) is 0 Å². The number of hydrogen-bond acceptors (Lipinski definition) is 3. The minimum absolute atomic E-state index is 0.0725. The van der Waals surface area contributed by atoms with Crippen molar-refractivity contribution in [3.63, 3.8) is 0 Å². The number of carbonyl (C=O) groups excluding carboxylic acids is 1. The number of phenols is 1. The Morgan fingerprint density at radius 3 is 2.55 bits per heavy atom. The highest BCUT2D eigenvalue weighted by Crippen LogP contribution is 2.25. The van der Waals surface area contributed by atoms with Gasteiger partial charge in [-0.15, -0.1) is 0 Å². The van der Waals surface area contributed by atoms with E-state index in [0.29, 0.717) is 12.1 Å². The van der Waals surface area contributed by atoms with Crippen molar-refractivity contribution in [3.8, 4) is 5.75 Å². The van der Waals surface area contributed by atoms with Crippen LogP contribution in [-0.2, 0) is 0 Å². The van der Waals surface area contributed by atoms with Gasteiger partial charge in [-0.3, -0.25) is 4.79 Å². The molecule has 0 spiro atoms. The number of amides is 1. The predicted octanol–water partition coefficient (Wildman–Crippen LogP) is 2.95. The molecule has 0 radical (unpaired) electrons. The molecule has 2 rings (SSSR count). The molecular formula is C16H18N2O2. The van der Waals surface area contributed by atoms with Crippen LogP contribution in [0.5, 0.6) is 5.75 Å². The number of anilines is 2. The van der Waals surface area contributed by atoms with Gasteiger partial charge in [0.05, 0.1) is 5.69 Å². The van der Waals surface area contributed by atoms with Gasteiger partial charge < -0.3 is 15.7 Å². The molecule has 0 saturated heterocycles. The molecule has 0 heterocycles. The first-order valence-corrected chi connectivity index (χ1v) is 6.50. The second kappa shape index (κ2) is 5.65. The molecule has 2 aromatic rings. The number of carbonyl (C=O) groups is 1. The third-order valence-electron chi connectivity index (χ3n) is 3.25. The van der Waals surface area contributed by atoms with Gasteiger partial charge in [0, 0.05) is 17.8 Å². The summed E-state index contributed by atoms with van der Waals surface area (Å²) in [6.07, 6.45) is 0. The number of nitrogens with two attached hydrogens (primary N) is 1. The van der Waals surface area contributed by atoms with Crippen molar-refractivity contribution < 1.29 is 9.90 Å². The molecule has 104 valence electrons. The molecule has 0 aromatic heterocycles. The van der Waals surface area contributed by atoms with Crippen LogP contribution in [-0.4, -0.2) is 17.6 Å². The molecule has 2 aromatic carbocycles. The lowest BCUT2D eigenvalue weighted by atomic mass is 10.1. The summed E-state index contributed by atoms with van der Waals surface area (Å²) in [5.41, 5.74) is 8.14. The van der Waals surface area contributed by atoms with E-state index >= 15 is 0 Å². The average Bonchev–Trinajstić information content (AvgIpc) is 2.44. The van der Waals surface area contributed by atoms with E-state index in [-0.39, 0.29) is 17.3 Å². The average molecular weight is 270 g/mol. The maximum atomic E-state index is 12.6. The van der Waals surface area contributed by atoms with E-state index in [1.54, 1.807) is 11.0 Å². The molecule has 0 bridgehead atoms. The summed E-state index contributed by atoms with van der Waals surface area (Å²) >= 11 is 0. The van der Waals surface area contributed by atoms with E-state index < -0.39 is 0 Å². The van der Waals surface area contributed by atoms with Gasteiger partial charge in [0.15, 0.2) is 0 Å². The number of rotatable bonds is 3. The lowest BCUT2D eigenvalue weighted by Gasteiger charge is -2.23. The van der Waals surface area contributed by atoms with E-state index in [9.17, 15) is 9.90 Å². The van der Waals surface area contributed by atoms with Gasteiger partial charge in [0.2, 0.25) is 0 Å². The van der Waals surface area contributed by atoms with Crippen molar-refractivity contribution in [2.75, 3.05) is 17.2 Å². The lowest BCUT2D eigenvalue weighted by molar-refractivity contribution is 0.0988. The second-order valence-corrected chi connectivity index (χ2v) is 4.61. The van der Waals surface area contributed by atoms with Gasteiger partial charge in [0.25, 0.3) is 5.91 Å². The molecule has 1 amide bonds. The van der Waals surface area contributed by atoms with Crippen LogP contribution in [0.1, 0.15) is 22.8 Å². The zero-order valence-corrected chi connectivity index (χ0v) is 11.6. The van der Waals surface area contributed by atoms with Crippen LogP contribution in [0.25, 0.3) is 0 Å². The summed E-state index contributed by atoms with van der Waals surface area (Å²) in [5.74, 6) is -0.228. The summed E-state index contributed by atoms with van der Waals surface area (Å²) in [4.78, 5) is 14.2. The van der Waals surface area contributed by atoms with Gasteiger partial charge in [-0.1, -0.05) is 18.2 Å². The molecule has 0 aliphatic heterocycles. The molecule has 0 aliphatic rings. The number of para-hydroxylation sites is 1. The van der Waals surface area contributed by atoms with E-state index in [0.717, 1.165) is 11.3 Å². The van der Waals surface area contributed by atoms with E-state index in [1.807, 2.05) is 38.1 Å². The van der Waals surface area contributed by atoms with E-state index in [1.165, 1.54) is 12.1 Å². The first kappa shape index (κ1) is 13.9. The SMILES string of the molecule is CCN(C(=O)c1ccc(N)c(O)c1)c1ccccc1C. The minimum Gasteiger partial charge on any atom is -0.506 e. The number of aryl methyl sites for hydroxylation is 1. The van der Waals surface area contributed by atoms with Crippen LogP contribution < -0.4 is 10.6 Å². The number of hydrogen-bond donors (Lipinski definition) is 2. The van der Waals surface area contributed by atoms with Gasteiger partial charge in [-0.25, -0.2) is 0 Å². The summed E-state index contributed by atoms with van der Waals surface area (Å²) in [7, 11) is 0. The van der Waals surface area contributed by atoms with Crippen LogP contribution in [0.15, 0.2) is 42.5 Å². The van der Waals surface area contributed by atoms with Crippen molar-refractivity contribution in [3.05, 3.63) is 53.6 Å². The fourth-order valence-corrected chi connectivity index (χ4v) is 2.12. The Morgan fingerprint density at radius 2 is 1.95 bits per heavy atom. The van der Waals surface area contributed by atoms with Crippen LogP contribution in [0.4, 0.5) is 11.4 Å². The summed E-state index contributed by atoms with van der Waals surface area (Å²) in [6.45, 7) is 4.43. The van der Waals surface area contributed by atoms with Crippen molar-refractivity contribution in [1.82, 2.24) is 0 Å². The van der Waals surface area contributed by atoms with Gasteiger partial charge in [-0.05, 0) is 43.7 Å². The number of benzene rings is 2. The zero-order chi connectivity index (χ0) is 14.7. The maximum Gasteiger partial charge on any atom is 0.258 e. The van der Waals surface area contributed by atoms with Crippen LogP contribution in [0.3, 0.4) is 0 Å². The Hall–Kier alpha value is -2.49. The molecule has 4 nitrogen and oxygen atoms in total. The topological polar surface area (TPSA) is 66.6 Å². The molecule has 0 atom stereocenters. The first-order valence-electron chi connectivity index (χ1n) is 6.50. The zero-order valence-electron chi connectivity index (χ0n) is 11.6. The molecule has 0 saturated carbocycles. The highest BCUT2D eigenvalue weighted by Gasteiger charge is 2.18. The molecular weight excluding hydrogens is 252 g/mol. The Balaban J connectivity index is 2.39. The first-order chi connectivity index (χ1) is 9.54. The van der Waals surface area contributed by atoms with Gasteiger partial charge in [0.1, 0.15) is 5.75 Å². The van der Waals surface area contributed by atoms with Crippen LogP contribution in [0.2, 0.25) is 0 Å². The largest absolute Gasteiger partial charge is 0.506 e. The molecule has 0 aliphatic carbocycles. The van der Waals surface area contributed by atoms with Crippen molar-refractivity contribution in [2.45, 2.75) is 13.8 Å². The molecule has 3 N–H and O–H groups in total. The fraction of sp³-hybridized carbons (Fsp3) is 0.188. The van der Waals surface area contributed by atoms with Crippen molar-refractivity contribution in [2.24, 2.45) is 0 Å². The quantitative estimate of drug-likeness (QED) is 0.665. The van der Waals surface area contributed by atoms with Gasteiger partial charge in [-0.2, -0.15) is 0 Å². The molecule has 20 heavy (non-hydrogen) atoms.